The number of imidazole rings is 1. The van der Waals surface area contributed by atoms with Crippen LogP contribution in [-0.2, 0) is 9.53 Å². The number of carbonyl (C=O) groups excluding carboxylic acids is 1. The van der Waals surface area contributed by atoms with Crippen molar-refractivity contribution < 1.29 is 9.53 Å². The lowest BCUT2D eigenvalue weighted by molar-refractivity contribution is -0.122. The molecule has 0 spiro atoms. The summed E-state index contributed by atoms with van der Waals surface area (Å²) in [6.45, 7) is 3.40. The van der Waals surface area contributed by atoms with Gasteiger partial charge in [0.25, 0.3) is 0 Å². The summed E-state index contributed by atoms with van der Waals surface area (Å²) < 4.78 is 7.34. The van der Waals surface area contributed by atoms with Crippen LogP contribution >= 0.6 is 0 Å². The lowest BCUT2D eigenvalue weighted by atomic mass is 9.99. The molecular formula is C20H21N3O2. The number of amides is 1. The molecule has 1 aliphatic rings. The quantitative estimate of drug-likeness (QED) is 0.794. The lowest BCUT2D eigenvalue weighted by Gasteiger charge is -2.21. The predicted octanol–water partition coefficient (Wildman–Crippen LogP) is 3.67. The molecule has 25 heavy (non-hydrogen) atoms. The molecule has 128 valence electrons. The summed E-state index contributed by atoms with van der Waals surface area (Å²) in [6, 6.07) is 11.9. The van der Waals surface area contributed by atoms with Crippen molar-refractivity contribution in [3.63, 3.8) is 0 Å². The van der Waals surface area contributed by atoms with Crippen molar-refractivity contribution in [1.82, 2.24) is 9.38 Å². The summed E-state index contributed by atoms with van der Waals surface area (Å²) in [5.41, 5.74) is 4.90. The maximum absolute atomic E-state index is 12.3. The standard InChI is InChI=1S/C20H21N3O2/c1-14-3-2-10-23-13-18(22-19(14)23)15-4-6-17(7-5-15)21-20(24)16-8-11-25-12-9-16/h2-7,10,13,16H,8-9,11-12H2,1H3,(H,21,24). The Balaban J connectivity index is 1.51. The van der Waals surface area contributed by atoms with Crippen LogP contribution < -0.4 is 5.32 Å². The van der Waals surface area contributed by atoms with Crippen LogP contribution in [0.3, 0.4) is 0 Å². The van der Waals surface area contributed by atoms with E-state index < -0.39 is 0 Å². The zero-order chi connectivity index (χ0) is 17.2. The Hall–Kier alpha value is -2.66. The van der Waals surface area contributed by atoms with Crippen LogP contribution in [0.5, 0.6) is 0 Å². The highest BCUT2D eigenvalue weighted by molar-refractivity contribution is 5.92. The number of fused-ring (bicyclic) bond motifs is 1. The van der Waals surface area contributed by atoms with Crippen LogP contribution in [0.1, 0.15) is 18.4 Å². The van der Waals surface area contributed by atoms with Crippen molar-refractivity contribution in [3.05, 3.63) is 54.4 Å². The fourth-order valence-electron chi connectivity index (χ4n) is 3.22. The first-order valence-corrected chi connectivity index (χ1v) is 8.64. The van der Waals surface area contributed by atoms with Crippen molar-refractivity contribution >= 4 is 17.2 Å². The van der Waals surface area contributed by atoms with Gasteiger partial charge in [0.15, 0.2) is 0 Å². The first-order valence-electron chi connectivity index (χ1n) is 8.64. The van der Waals surface area contributed by atoms with E-state index in [9.17, 15) is 4.79 Å². The number of ether oxygens (including phenoxy) is 1. The molecule has 0 bridgehead atoms. The van der Waals surface area contributed by atoms with Gasteiger partial charge in [-0.05, 0) is 43.5 Å². The van der Waals surface area contributed by atoms with Gasteiger partial charge in [-0.1, -0.05) is 18.2 Å². The monoisotopic (exact) mass is 335 g/mol. The van der Waals surface area contributed by atoms with Gasteiger partial charge in [-0.25, -0.2) is 4.98 Å². The van der Waals surface area contributed by atoms with Crippen molar-refractivity contribution in [3.8, 4) is 11.3 Å². The molecule has 5 nitrogen and oxygen atoms in total. The molecule has 5 heteroatoms. The van der Waals surface area contributed by atoms with Gasteiger partial charge >= 0.3 is 0 Å². The van der Waals surface area contributed by atoms with Gasteiger partial charge in [0.05, 0.1) is 5.69 Å². The van der Waals surface area contributed by atoms with Gasteiger partial charge in [0, 0.05) is 42.8 Å². The summed E-state index contributed by atoms with van der Waals surface area (Å²) >= 11 is 0. The SMILES string of the molecule is Cc1cccn2cc(-c3ccc(NC(=O)C4CCOCC4)cc3)nc12. The summed E-state index contributed by atoms with van der Waals surface area (Å²) in [4.78, 5) is 17.0. The van der Waals surface area contributed by atoms with Crippen LogP contribution in [0, 0.1) is 12.8 Å². The average molecular weight is 335 g/mol. The molecule has 1 N–H and O–H groups in total. The molecule has 0 aliphatic carbocycles. The Morgan fingerprint density at radius 3 is 2.68 bits per heavy atom. The van der Waals surface area contributed by atoms with Crippen molar-refractivity contribution in [2.75, 3.05) is 18.5 Å². The minimum Gasteiger partial charge on any atom is -0.381 e. The summed E-state index contributed by atoms with van der Waals surface area (Å²) in [5, 5.41) is 3.01. The second-order valence-electron chi connectivity index (χ2n) is 6.50. The second kappa shape index (κ2) is 6.69. The Kier molecular flexibility index (Phi) is 4.24. The van der Waals surface area contributed by atoms with E-state index in [-0.39, 0.29) is 11.8 Å². The van der Waals surface area contributed by atoms with E-state index in [0.717, 1.165) is 41.0 Å². The molecule has 0 atom stereocenters. The van der Waals surface area contributed by atoms with E-state index in [1.165, 1.54) is 0 Å². The van der Waals surface area contributed by atoms with Gasteiger partial charge in [0.2, 0.25) is 5.91 Å². The number of hydrogen-bond donors (Lipinski definition) is 1. The number of anilines is 1. The molecule has 0 radical (unpaired) electrons. The Morgan fingerprint density at radius 1 is 1.20 bits per heavy atom. The fraction of sp³-hybridized carbons (Fsp3) is 0.300. The summed E-state index contributed by atoms with van der Waals surface area (Å²) in [6.07, 6.45) is 5.62. The maximum atomic E-state index is 12.3. The largest absolute Gasteiger partial charge is 0.381 e. The molecule has 3 aromatic rings. The number of rotatable bonds is 3. The minimum atomic E-state index is 0.0508. The highest BCUT2D eigenvalue weighted by atomic mass is 16.5. The normalized spacial score (nSPS) is 15.4. The maximum Gasteiger partial charge on any atom is 0.227 e. The fourth-order valence-corrected chi connectivity index (χ4v) is 3.22. The molecule has 2 aromatic heterocycles. The summed E-state index contributed by atoms with van der Waals surface area (Å²) in [7, 11) is 0. The molecule has 3 heterocycles. The molecule has 1 aliphatic heterocycles. The first kappa shape index (κ1) is 15.8. The third-order valence-corrected chi connectivity index (χ3v) is 4.72. The van der Waals surface area contributed by atoms with Gasteiger partial charge in [-0.2, -0.15) is 0 Å². The Bertz CT molecular complexity index is 893. The number of hydrogen-bond acceptors (Lipinski definition) is 3. The van der Waals surface area contributed by atoms with Crippen molar-refractivity contribution in [1.29, 1.82) is 0 Å². The number of carbonyl (C=O) groups is 1. The zero-order valence-electron chi connectivity index (χ0n) is 14.2. The number of aromatic nitrogens is 2. The van der Waals surface area contributed by atoms with Gasteiger partial charge in [0.1, 0.15) is 5.65 Å². The van der Waals surface area contributed by atoms with E-state index in [1.54, 1.807) is 0 Å². The molecule has 0 unspecified atom stereocenters. The van der Waals surface area contributed by atoms with Crippen LogP contribution in [0.4, 0.5) is 5.69 Å². The first-order chi connectivity index (χ1) is 12.2. The number of nitrogens with one attached hydrogen (secondary N) is 1. The predicted molar refractivity (Wildman–Crippen MR) is 97.5 cm³/mol. The van der Waals surface area contributed by atoms with E-state index in [4.69, 9.17) is 9.72 Å². The molecule has 4 rings (SSSR count). The highest BCUT2D eigenvalue weighted by Crippen LogP contribution is 2.23. The minimum absolute atomic E-state index is 0.0508. The second-order valence-corrected chi connectivity index (χ2v) is 6.50. The number of aryl methyl sites for hydroxylation is 1. The number of nitrogens with zero attached hydrogens (tertiary/aromatic N) is 2. The van der Waals surface area contributed by atoms with Crippen LogP contribution in [0.2, 0.25) is 0 Å². The topological polar surface area (TPSA) is 55.6 Å². The van der Waals surface area contributed by atoms with E-state index in [1.807, 2.05) is 47.1 Å². The Labute approximate surface area is 146 Å². The van der Waals surface area contributed by atoms with E-state index in [0.29, 0.717) is 13.2 Å². The van der Waals surface area contributed by atoms with Gasteiger partial charge < -0.3 is 14.5 Å². The molecular weight excluding hydrogens is 314 g/mol. The molecule has 1 saturated heterocycles. The van der Waals surface area contributed by atoms with Crippen LogP contribution in [0.25, 0.3) is 16.9 Å². The molecule has 1 aromatic carbocycles. The Morgan fingerprint density at radius 2 is 1.96 bits per heavy atom. The molecule has 1 fully saturated rings. The smallest absolute Gasteiger partial charge is 0.227 e. The van der Waals surface area contributed by atoms with Crippen molar-refractivity contribution in [2.45, 2.75) is 19.8 Å². The number of benzene rings is 1. The van der Waals surface area contributed by atoms with E-state index >= 15 is 0 Å². The van der Waals surface area contributed by atoms with Crippen LogP contribution in [0.15, 0.2) is 48.8 Å². The third-order valence-electron chi connectivity index (χ3n) is 4.72. The third kappa shape index (κ3) is 3.28. The van der Waals surface area contributed by atoms with E-state index in [2.05, 4.69) is 18.3 Å². The van der Waals surface area contributed by atoms with Crippen LogP contribution in [-0.4, -0.2) is 28.5 Å². The number of pyridine rings is 1. The zero-order valence-corrected chi connectivity index (χ0v) is 14.2. The van der Waals surface area contributed by atoms with Gasteiger partial charge in [-0.3, -0.25) is 4.79 Å². The van der Waals surface area contributed by atoms with Crippen molar-refractivity contribution in [2.24, 2.45) is 5.92 Å². The average Bonchev–Trinajstić information content (AvgIpc) is 3.09. The summed E-state index contributed by atoms with van der Waals surface area (Å²) in [5.74, 6) is 0.134. The molecule has 0 saturated carbocycles. The lowest BCUT2D eigenvalue weighted by Crippen LogP contribution is -2.28. The highest BCUT2D eigenvalue weighted by Gasteiger charge is 2.21. The molecule has 1 amide bonds. The van der Waals surface area contributed by atoms with Gasteiger partial charge in [-0.15, -0.1) is 0 Å².